The lowest BCUT2D eigenvalue weighted by Crippen LogP contribution is -2.32. The van der Waals surface area contributed by atoms with Crippen LogP contribution < -0.4 is 0 Å². The predicted molar refractivity (Wildman–Crippen MR) is 79.7 cm³/mol. The van der Waals surface area contributed by atoms with Crippen LogP contribution in [-0.4, -0.2) is 87.7 Å². The Morgan fingerprint density at radius 2 is 1.91 bits per heavy atom. The summed E-state index contributed by atoms with van der Waals surface area (Å²) in [5.74, 6) is -0.561. The van der Waals surface area contributed by atoms with E-state index in [9.17, 15) is 14.5 Å². The molecule has 0 aliphatic rings. The first kappa shape index (κ1) is 22.4. The summed E-state index contributed by atoms with van der Waals surface area (Å²) in [7, 11) is 1.01. The Kier molecular flexibility index (Phi) is 11.6. The van der Waals surface area contributed by atoms with E-state index in [2.05, 4.69) is 0 Å². The average Bonchev–Trinajstić information content (AvgIpc) is 2.49. The van der Waals surface area contributed by atoms with Gasteiger partial charge in [-0.05, 0) is 14.1 Å². The van der Waals surface area contributed by atoms with Gasteiger partial charge in [0.05, 0.1) is 19.8 Å². The number of hydrogen-bond acceptors (Lipinski definition) is 10. The van der Waals surface area contributed by atoms with Gasteiger partial charge < -0.3 is 24.6 Å². The van der Waals surface area contributed by atoms with Crippen LogP contribution in [-0.2, 0) is 32.4 Å². The Hall–Kier alpha value is -0.580. The molecule has 0 rings (SSSR count). The molecule has 0 saturated carbocycles. The van der Waals surface area contributed by atoms with Gasteiger partial charge in [-0.1, -0.05) is 0 Å². The Bertz CT molecular complexity index is 380. The molecule has 0 heterocycles. The van der Waals surface area contributed by atoms with Crippen molar-refractivity contribution in [2.45, 2.75) is 19.3 Å². The second-order valence-corrected chi connectivity index (χ2v) is 6.54. The highest BCUT2D eigenvalue weighted by Gasteiger charge is 2.28. The summed E-state index contributed by atoms with van der Waals surface area (Å²) >= 11 is 0. The lowest BCUT2D eigenvalue weighted by Gasteiger charge is -2.23. The summed E-state index contributed by atoms with van der Waals surface area (Å²) in [6, 6.07) is 0. The molecule has 0 aromatic carbocycles. The number of carbonyl (C=O) groups excluding carboxylic acids is 1. The maximum absolute atomic E-state index is 12.2. The van der Waals surface area contributed by atoms with Crippen LogP contribution in [0.15, 0.2) is 0 Å². The van der Waals surface area contributed by atoms with Crippen molar-refractivity contribution in [2.75, 3.05) is 54.2 Å². The Labute approximate surface area is 135 Å². The number of nitrogens with zero attached hydrogens (tertiary/aromatic N) is 1. The third-order valence-corrected chi connectivity index (χ3v) is 3.82. The molecule has 10 nitrogen and oxygen atoms in total. The number of esters is 1. The smallest absolute Gasteiger partial charge is 0.463 e. The van der Waals surface area contributed by atoms with E-state index in [1.165, 1.54) is 14.0 Å². The molecule has 138 valence electrons. The van der Waals surface area contributed by atoms with E-state index in [0.29, 0.717) is 6.54 Å². The maximum atomic E-state index is 12.2. The van der Waals surface area contributed by atoms with E-state index in [1.807, 2.05) is 19.0 Å². The van der Waals surface area contributed by atoms with Gasteiger partial charge in [0.2, 0.25) is 0 Å². The van der Waals surface area contributed by atoms with Gasteiger partial charge in [0.25, 0.3) is 0 Å². The summed E-state index contributed by atoms with van der Waals surface area (Å²) in [5.41, 5.74) is 0. The van der Waals surface area contributed by atoms with Crippen molar-refractivity contribution in [2.24, 2.45) is 0 Å². The molecule has 3 unspecified atom stereocenters. The fourth-order valence-corrected chi connectivity index (χ4v) is 2.19. The number of rotatable bonds is 13. The molecule has 11 heteroatoms. The zero-order chi connectivity index (χ0) is 17.9. The second-order valence-electron chi connectivity index (χ2n) is 4.76. The molecule has 3 atom stereocenters. The first-order valence-corrected chi connectivity index (χ1v) is 8.35. The van der Waals surface area contributed by atoms with E-state index in [1.54, 1.807) is 0 Å². The summed E-state index contributed by atoms with van der Waals surface area (Å²) in [4.78, 5) is 12.7. The summed E-state index contributed by atoms with van der Waals surface area (Å²) < 4.78 is 36.9. The summed E-state index contributed by atoms with van der Waals surface area (Å²) in [6.07, 6.45) is -2.45. The lowest BCUT2D eigenvalue weighted by molar-refractivity contribution is -0.181. The van der Waals surface area contributed by atoms with Crippen LogP contribution in [0.1, 0.15) is 6.92 Å². The minimum Gasteiger partial charge on any atom is -0.463 e. The van der Waals surface area contributed by atoms with Crippen LogP contribution in [0.2, 0.25) is 0 Å². The molecule has 0 fully saturated rings. The molecule has 0 radical (unpaired) electrons. The number of likely N-dealkylation sites (N-methyl/N-ethyl adjacent to an activating group) is 1. The van der Waals surface area contributed by atoms with Crippen molar-refractivity contribution in [1.82, 2.24) is 4.90 Å². The minimum absolute atomic E-state index is 0.118. The van der Waals surface area contributed by atoms with E-state index >= 15 is 0 Å². The number of phosphoric acid groups is 1. The van der Waals surface area contributed by atoms with Crippen LogP contribution in [0.5, 0.6) is 0 Å². The van der Waals surface area contributed by atoms with Gasteiger partial charge in [-0.25, -0.2) is 4.57 Å². The van der Waals surface area contributed by atoms with Crippen molar-refractivity contribution in [3.8, 4) is 0 Å². The van der Waals surface area contributed by atoms with Gasteiger partial charge in [-0.15, -0.1) is 0 Å². The molecule has 0 spiro atoms. The number of aliphatic hydroxyl groups excluding tert-OH is 2. The quantitative estimate of drug-likeness (QED) is 0.255. The van der Waals surface area contributed by atoms with Crippen molar-refractivity contribution in [1.29, 1.82) is 0 Å². The average molecular weight is 359 g/mol. The van der Waals surface area contributed by atoms with Crippen molar-refractivity contribution in [3.63, 3.8) is 0 Å². The third kappa shape index (κ3) is 11.6. The number of ether oxygens (including phenoxy) is 2. The first-order valence-electron chi connectivity index (χ1n) is 6.89. The minimum atomic E-state index is -3.80. The normalized spacial score (nSPS) is 16.8. The van der Waals surface area contributed by atoms with Gasteiger partial charge in [-0.2, -0.15) is 0 Å². The van der Waals surface area contributed by atoms with Gasteiger partial charge in [0.15, 0.2) is 6.29 Å². The molecule has 23 heavy (non-hydrogen) atoms. The highest BCUT2D eigenvalue weighted by molar-refractivity contribution is 7.48. The standard InChI is InChI=1S/C12H26NO9P/c1-10(15)19-8-11(22-12(16)7-14)9-21-23(17,18-4)20-6-5-13(2)3/h11-12,14,16H,5-9H2,1-4H3. The fraction of sp³-hybridized carbons (Fsp3) is 0.917. The van der Waals surface area contributed by atoms with Crippen LogP contribution in [0.3, 0.4) is 0 Å². The Balaban J connectivity index is 4.50. The SMILES string of the molecule is COP(=O)(OCCN(C)C)OCC(COC(C)=O)OC(O)CO. The number of phosphoric ester groups is 1. The van der Waals surface area contributed by atoms with Gasteiger partial charge >= 0.3 is 13.8 Å². The van der Waals surface area contributed by atoms with Gasteiger partial charge in [0.1, 0.15) is 12.7 Å². The molecular weight excluding hydrogens is 333 g/mol. The third-order valence-electron chi connectivity index (χ3n) is 2.41. The fourth-order valence-electron chi connectivity index (χ4n) is 1.25. The summed E-state index contributed by atoms with van der Waals surface area (Å²) in [6.45, 7) is 0.577. The number of aliphatic hydroxyl groups is 2. The van der Waals surface area contributed by atoms with E-state index in [4.69, 9.17) is 28.2 Å². The zero-order valence-electron chi connectivity index (χ0n) is 13.8. The van der Waals surface area contributed by atoms with Crippen molar-refractivity contribution < 1.29 is 42.6 Å². The molecule has 0 aliphatic heterocycles. The molecule has 0 saturated heterocycles. The van der Waals surface area contributed by atoms with Crippen molar-refractivity contribution >= 4 is 13.8 Å². The highest BCUT2D eigenvalue weighted by Crippen LogP contribution is 2.48. The molecule has 0 aromatic rings. The van der Waals surface area contributed by atoms with Crippen LogP contribution in [0.4, 0.5) is 0 Å². The molecule has 0 aromatic heterocycles. The molecule has 2 N–H and O–H groups in total. The lowest BCUT2D eigenvalue weighted by atomic mass is 10.4. The Morgan fingerprint density at radius 1 is 1.26 bits per heavy atom. The second kappa shape index (κ2) is 11.9. The molecule has 0 bridgehead atoms. The van der Waals surface area contributed by atoms with Crippen LogP contribution >= 0.6 is 7.82 Å². The maximum Gasteiger partial charge on any atom is 0.474 e. The van der Waals surface area contributed by atoms with Crippen LogP contribution in [0.25, 0.3) is 0 Å². The molecular formula is C12H26NO9P. The highest BCUT2D eigenvalue weighted by atomic mass is 31.2. The van der Waals surface area contributed by atoms with E-state index in [-0.39, 0.29) is 19.8 Å². The van der Waals surface area contributed by atoms with Crippen LogP contribution in [0, 0.1) is 0 Å². The molecule has 0 aliphatic carbocycles. The van der Waals surface area contributed by atoms with Crippen molar-refractivity contribution in [3.05, 3.63) is 0 Å². The number of hydrogen-bond donors (Lipinski definition) is 2. The summed E-state index contributed by atoms with van der Waals surface area (Å²) in [5, 5.41) is 18.0. The zero-order valence-corrected chi connectivity index (χ0v) is 14.7. The van der Waals surface area contributed by atoms with E-state index < -0.39 is 32.8 Å². The van der Waals surface area contributed by atoms with Gasteiger partial charge in [0, 0.05) is 20.6 Å². The molecule has 0 amide bonds. The van der Waals surface area contributed by atoms with E-state index in [0.717, 1.165) is 0 Å². The Morgan fingerprint density at radius 3 is 2.39 bits per heavy atom. The van der Waals surface area contributed by atoms with Gasteiger partial charge in [-0.3, -0.25) is 18.4 Å². The number of carbonyl (C=O) groups is 1. The first-order chi connectivity index (χ1) is 10.7. The monoisotopic (exact) mass is 359 g/mol. The topological polar surface area (TPSA) is 124 Å². The largest absolute Gasteiger partial charge is 0.474 e. The predicted octanol–water partition coefficient (Wildman–Crippen LogP) is -0.405.